The van der Waals surface area contributed by atoms with Crippen LogP contribution in [0.2, 0.25) is 5.02 Å². The summed E-state index contributed by atoms with van der Waals surface area (Å²) in [5, 5.41) is 11.5. The minimum absolute atomic E-state index is 0.0614. The molecule has 142 valence electrons. The number of nitrogens with zero attached hydrogens (tertiary/aromatic N) is 3. The number of hydrogen-bond acceptors (Lipinski definition) is 4. The van der Waals surface area contributed by atoms with Crippen molar-refractivity contribution in [2.75, 3.05) is 26.2 Å². The minimum atomic E-state index is -0.484. The molecule has 0 N–H and O–H groups in total. The van der Waals surface area contributed by atoms with Crippen LogP contribution in [0.3, 0.4) is 0 Å². The zero-order valence-corrected chi connectivity index (χ0v) is 15.6. The zero-order valence-electron chi connectivity index (χ0n) is 14.8. The molecule has 1 aliphatic rings. The number of carbonyl (C=O) groups is 1. The predicted molar refractivity (Wildman–Crippen MR) is 100 cm³/mol. The van der Waals surface area contributed by atoms with Crippen LogP contribution in [0.4, 0.5) is 10.1 Å². The maximum atomic E-state index is 13.9. The van der Waals surface area contributed by atoms with Gasteiger partial charge in [0, 0.05) is 60.5 Å². The Morgan fingerprint density at radius 1 is 1.22 bits per heavy atom. The van der Waals surface area contributed by atoms with Crippen molar-refractivity contribution in [3.8, 4) is 0 Å². The molecule has 1 heterocycles. The van der Waals surface area contributed by atoms with Gasteiger partial charge in [0.1, 0.15) is 5.82 Å². The predicted octanol–water partition coefficient (Wildman–Crippen LogP) is 3.65. The van der Waals surface area contributed by atoms with Crippen LogP contribution in [-0.2, 0) is 6.54 Å². The second kappa shape index (κ2) is 8.02. The number of piperazine rings is 1. The van der Waals surface area contributed by atoms with Gasteiger partial charge in [0.05, 0.1) is 4.92 Å². The van der Waals surface area contributed by atoms with Gasteiger partial charge in [-0.15, -0.1) is 0 Å². The Kier molecular flexibility index (Phi) is 5.72. The molecule has 1 saturated heterocycles. The number of benzene rings is 2. The molecule has 2 aromatic carbocycles. The molecule has 0 saturated carbocycles. The van der Waals surface area contributed by atoms with E-state index in [0.717, 1.165) is 0 Å². The molecule has 1 fully saturated rings. The van der Waals surface area contributed by atoms with Crippen molar-refractivity contribution in [1.29, 1.82) is 0 Å². The monoisotopic (exact) mass is 391 g/mol. The van der Waals surface area contributed by atoms with Crippen molar-refractivity contribution >= 4 is 23.2 Å². The van der Waals surface area contributed by atoms with E-state index in [1.54, 1.807) is 36.1 Å². The van der Waals surface area contributed by atoms with E-state index in [0.29, 0.717) is 54.4 Å². The Morgan fingerprint density at radius 2 is 1.93 bits per heavy atom. The van der Waals surface area contributed by atoms with E-state index in [1.165, 1.54) is 12.1 Å². The SMILES string of the molecule is Cc1ccc(C(=O)N2CCN(Cc3c(F)cccc3Cl)CC2)cc1[N+](=O)[O-]. The lowest BCUT2D eigenvalue weighted by atomic mass is 10.1. The fourth-order valence-corrected chi connectivity index (χ4v) is 3.36. The summed E-state index contributed by atoms with van der Waals surface area (Å²) in [7, 11) is 0. The van der Waals surface area contributed by atoms with Crippen molar-refractivity contribution < 1.29 is 14.1 Å². The smallest absolute Gasteiger partial charge is 0.273 e. The lowest BCUT2D eigenvalue weighted by Crippen LogP contribution is -2.48. The minimum Gasteiger partial charge on any atom is -0.336 e. The summed E-state index contributed by atoms with van der Waals surface area (Å²) >= 11 is 6.07. The van der Waals surface area contributed by atoms with Crippen LogP contribution in [-0.4, -0.2) is 46.8 Å². The number of halogens is 2. The van der Waals surface area contributed by atoms with E-state index < -0.39 is 4.92 Å². The second-order valence-electron chi connectivity index (χ2n) is 6.53. The number of rotatable bonds is 4. The number of hydrogen-bond donors (Lipinski definition) is 0. The van der Waals surface area contributed by atoms with Crippen molar-refractivity contribution in [2.24, 2.45) is 0 Å². The van der Waals surface area contributed by atoms with Crippen LogP contribution in [0.15, 0.2) is 36.4 Å². The molecule has 2 aromatic rings. The number of nitro benzene ring substituents is 1. The normalized spacial score (nSPS) is 15.0. The van der Waals surface area contributed by atoms with Crippen molar-refractivity contribution in [3.63, 3.8) is 0 Å². The molecule has 1 aliphatic heterocycles. The highest BCUT2D eigenvalue weighted by Gasteiger charge is 2.24. The third-order valence-electron chi connectivity index (χ3n) is 4.76. The van der Waals surface area contributed by atoms with Crippen molar-refractivity contribution in [1.82, 2.24) is 9.80 Å². The van der Waals surface area contributed by atoms with Crippen LogP contribution >= 0.6 is 11.6 Å². The quantitative estimate of drug-likeness (QED) is 0.589. The van der Waals surface area contributed by atoms with Crippen LogP contribution in [0.25, 0.3) is 0 Å². The van der Waals surface area contributed by atoms with Gasteiger partial charge in [-0.1, -0.05) is 23.7 Å². The number of aryl methyl sites for hydroxylation is 1. The van der Waals surface area contributed by atoms with Gasteiger partial charge in [-0.3, -0.25) is 19.8 Å². The van der Waals surface area contributed by atoms with Gasteiger partial charge in [0.2, 0.25) is 0 Å². The first kappa shape index (κ1) is 19.3. The highest BCUT2D eigenvalue weighted by molar-refractivity contribution is 6.31. The van der Waals surface area contributed by atoms with E-state index in [2.05, 4.69) is 0 Å². The van der Waals surface area contributed by atoms with E-state index >= 15 is 0 Å². The molecule has 0 aliphatic carbocycles. The molecule has 6 nitrogen and oxygen atoms in total. The molecule has 8 heteroatoms. The zero-order chi connectivity index (χ0) is 19.6. The van der Waals surface area contributed by atoms with E-state index in [1.807, 2.05) is 4.90 Å². The molecule has 27 heavy (non-hydrogen) atoms. The first-order valence-corrected chi connectivity index (χ1v) is 8.94. The molecule has 3 rings (SSSR count). The topological polar surface area (TPSA) is 66.7 Å². The largest absolute Gasteiger partial charge is 0.336 e. The van der Waals surface area contributed by atoms with Gasteiger partial charge in [0.25, 0.3) is 11.6 Å². The molecule has 1 amide bonds. The van der Waals surface area contributed by atoms with E-state index in [4.69, 9.17) is 11.6 Å². The fraction of sp³-hybridized carbons (Fsp3) is 0.316. The fourth-order valence-electron chi connectivity index (χ4n) is 3.14. The number of nitro groups is 1. The Hall–Kier alpha value is -2.51. The summed E-state index contributed by atoms with van der Waals surface area (Å²) in [6.07, 6.45) is 0. The average molecular weight is 392 g/mol. The number of carbonyl (C=O) groups excluding carboxylic acids is 1. The first-order valence-electron chi connectivity index (χ1n) is 8.56. The van der Waals surface area contributed by atoms with Gasteiger partial charge in [-0.25, -0.2) is 4.39 Å². The molecule has 0 bridgehead atoms. The lowest BCUT2D eigenvalue weighted by Gasteiger charge is -2.35. The van der Waals surface area contributed by atoms with Gasteiger partial charge in [-0.2, -0.15) is 0 Å². The Balaban J connectivity index is 1.65. The summed E-state index contributed by atoms with van der Waals surface area (Å²) in [6.45, 7) is 4.09. The van der Waals surface area contributed by atoms with Crippen molar-refractivity contribution in [3.05, 3.63) is 74.0 Å². The van der Waals surface area contributed by atoms with Crippen molar-refractivity contribution in [2.45, 2.75) is 13.5 Å². The van der Waals surface area contributed by atoms with Gasteiger partial charge in [0.15, 0.2) is 0 Å². The lowest BCUT2D eigenvalue weighted by molar-refractivity contribution is -0.385. The first-order chi connectivity index (χ1) is 12.9. The summed E-state index contributed by atoms with van der Waals surface area (Å²) in [5.41, 5.74) is 1.21. The van der Waals surface area contributed by atoms with Gasteiger partial charge in [-0.05, 0) is 25.1 Å². The van der Waals surface area contributed by atoms with E-state index in [-0.39, 0.29) is 17.4 Å². The van der Waals surface area contributed by atoms with Crippen LogP contribution in [0, 0.1) is 22.9 Å². The Bertz CT molecular complexity index is 862. The molecule has 0 unspecified atom stereocenters. The molecule has 0 spiro atoms. The molecular formula is C19H19ClFN3O3. The van der Waals surface area contributed by atoms with Crippen LogP contribution in [0.1, 0.15) is 21.5 Å². The summed E-state index contributed by atoms with van der Waals surface area (Å²) < 4.78 is 13.9. The summed E-state index contributed by atoms with van der Waals surface area (Å²) in [6, 6.07) is 9.12. The highest BCUT2D eigenvalue weighted by Crippen LogP contribution is 2.23. The van der Waals surface area contributed by atoms with Crippen LogP contribution in [0.5, 0.6) is 0 Å². The summed E-state index contributed by atoms with van der Waals surface area (Å²) in [4.78, 5) is 26.9. The third kappa shape index (κ3) is 4.26. The standard InChI is InChI=1S/C19H19ClFN3O3/c1-13-5-6-14(11-18(13)24(26)27)19(25)23-9-7-22(8-10-23)12-15-16(20)3-2-4-17(15)21/h2-6,11H,7-10,12H2,1H3. The maximum absolute atomic E-state index is 13.9. The molecular weight excluding hydrogens is 373 g/mol. The van der Waals surface area contributed by atoms with E-state index in [9.17, 15) is 19.3 Å². The summed E-state index contributed by atoms with van der Waals surface area (Å²) in [5.74, 6) is -0.574. The molecule has 0 aromatic heterocycles. The second-order valence-corrected chi connectivity index (χ2v) is 6.93. The van der Waals surface area contributed by atoms with Gasteiger partial charge < -0.3 is 4.90 Å². The maximum Gasteiger partial charge on any atom is 0.273 e. The Morgan fingerprint density at radius 3 is 2.56 bits per heavy atom. The Labute approximate surface area is 161 Å². The molecule has 0 atom stereocenters. The third-order valence-corrected chi connectivity index (χ3v) is 5.11. The van der Waals surface area contributed by atoms with Crippen LogP contribution < -0.4 is 0 Å². The van der Waals surface area contributed by atoms with Gasteiger partial charge >= 0.3 is 0 Å². The molecule has 0 radical (unpaired) electrons. The average Bonchev–Trinajstić information content (AvgIpc) is 2.65. The number of amides is 1. The highest BCUT2D eigenvalue weighted by atomic mass is 35.5.